The Hall–Kier alpha value is -2.58. The molecule has 0 aromatic heterocycles. The molecule has 0 aliphatic heterocycles. The van der Waals surface area contributed by atoms with Crippen LogP contribution in [-0.4, -0.2) is 0 Å². The van der Waals surface area contributed by atoms with E-state index in [1.165, 1.54) is 34.3 Å². The van der Waals surface area contributed by atoms with Crippen molar-refractivity contribution < 1.29 is 0 Å². The highest BCUT2D eigenvalue weighted by Gasteiger charge is 1.95. The standard InChI is InChI=1S/C30H44N2/c1-25(2)13-9-16-28(5)19-10-17-26(3)14-7-8-15-27(4)18-11-20-29(6)21-12-22-30(23-31)24-32/h13-15,19-20,22H,7-12,16-18,21H2,1-6H3/b26-14+,27-15+,28-19+,29-20+. The summed E-state index contributed by atoms with van der Waals surface area (Å²) in [5.74, 6) is 0. The molecule has 32 heavy (non-hydrogen) atoms. The molecule has 2 nitrogen and oxygen atoms in total. The maximum atomic E-state index is 8.74. The SMILES string of the molecule is CC(C)=CCC/C(C)=C/CC/C(C)=C/CC/C=C(\C)CC/C=C(\C)CCC=C(C#N)C#N. The Balaban J connectivity index is 4.13. The Labute approximate surface area is 198 Å². The Morgan fingerprint density at radius 1 is 0.469 bits per heavy atom. The Bertz CT molecular complexity index is 794. The lowest BCUT2D eigenvalue weighted by atomic mass is 10.0. The maximum Gasteiger partial charge on any atom is 0.125 e. The van der Waals surface area contributed by atoms with Crippen molar-refractivity contribution in [2.45, 2.75) is 106 Å². The van der Waals surface area contributed by atoms with Crippen LogP contribution in [0.25, 0.3) is 0 Å². The lowest BCUT2D eigenvalue weighted by Gasteiger charge is -2.02. The highest BCUT2D eigenvalue weighted by Crippen LogP contribution is 2.14. The van der Waals surface area contributed by atoms with Crippen molar-refractivity contribution in [1.82, 2.24) is 0 Å². The van der Waals surface area contributed by atoms with E-state index in [2.05, 4.69) is 71.9 Å². The minimum atomic E-state index is 0.211. The summed E-state index contributed by atoms with van der Waals surface area (Å²) >= 11 is 0. The summed E-state index contributed by atoms with van der Waals surface area (Å²) < 4.78 is 0. The minimum Gasteiger partial charge on any atom is -0.192 e. The summed E-state index contributed by atoms with van der Waals surface area (Å²) in [6.45, 7) is 13.2. The molecule has 0 N–H and O–H groups in total. The van der Waals surface area contributed by atoms with Crippen LogP contribution in [0.1, 0.15) is 106 Å². The fraction of sp³-hybridized carbons (Fsp3) is 0.533. The number of nitriles is 2. The van der Waals surface area contributed by atoms with Gasteiger partial charge in [-0.15, -0.1) is 0 Å². The third kappa shape index (κ3) is 18.2. The normalized spacial score (nSPS) is 12.8. The van der Waals surface area contributed by atoms with Crippen LogP contribution in [-0.2, 0) is 0 Å². The Kier molecular flexibility index (Phi) is 17.6. The number of unbranched alkanes of at least 4 members (excludes halogenated alkanes) is 1. The van der Waals surface area contributed by atoms with Gasteiger partial charge in [0, 0.05) is 0 Å². The molecule has 0 atom stereocenters. The van der Waals surface area contributed by atoms with Crippen LogP contribution < -0.4 is 0 Å². The number of hydrogen-bond acceptors (Lipinski definition) is 2. The van der Waals surface area contributed by atoms with Gasteiger partial charge in [-0.05, 0) is 106 Å². The van der Waals surface area contributed by atoms with Crippen molar-refractivity contribution in [2.24, 2.45) is 0 Å². The summed E-state index contributed by atoms with van der Waals surface area (Å²) in [5, 5.41) is 17.5. The monoisotopic (exact) mass is 432 g/mol. The average molecular weight is 433 g/mol. The number of allylic oxidation sites excluding steroid dienone is 12. The van der Waals surface area contributed by atoms with E-state index >= 15 is 0 Å². The van der Waals surface area contributed by atoms with Gasteiger partial charge in [0.2, 0.25) is 0 Å². The topological polar surface area (TPSA) is 47.6 Å². The molecule has 0 radical (unpaired) electrons. The van der Waals surface area contributed by atoms with E-state index in [0.717, 1.165) is 57.8 Å². The summed E-state index contributed by atoms with van der Waals surface area (Å²) in [6.07, 6.45) is 24.2. The molecule has 174 valence electrons. The third-order valence-corrected chi connectivity index (χ3v) is 5.43. The van der Waals surface area contributed by atoms with E-state index in [4.69, 9.17) is 10.5 Å². The Morgan fingerprint density at radius 3 is 1.12 bits per heavy atom. The predicted octanol–water partition coefficient (Wildman–Crippen LogP) is 9.61. The highest BCUT2D eigenvalue weighted by atomic mass is 14.3. The highest BCUT2D eigenvalue weighted by molar-refractivity contribution is 5.34. The van der Waals surface area contributed by atoms with Crippen molar-refractivity contribution in [1.29, 1.82) is 10.5 Å². The van der Waals surface area contributed by atoms with E-state index in [-0.39, 0.29) is 5.57 Å². The summed E-state index contributed by atoms with van der Waals surface area (Å²) in [4.78, 5) is 0. The van der Waals surface area contributed by atoms with Gasteiger partial charge in [-0.25, -0.2) is 0 Å². The second kappa shape index (κ2) is 19.1. The van der Waals surface area contributed by atoms with Gasteiger partial charge in [-0.3, -0.25) is 0 Å². The summed E-state index contributed by atoms with van der Waals surface area (Å²) in [5.41, 5.74) is 7.39. The van der Waals surface area contributed by atoms with E-state index < -0.39 is 0 Å². The zero-order valence-electron chi connectivity index (χ0n) is 21.4. The molecule has 0 aliphatic carbocycles. The predicted molar refractivity (Wildman–Crippen MR) is 140 cm³/mol. The molecule has 0 fully saturated rings. The molecule has 0 aromatic rings. The first-order chi connectivity index (χ1) is 15.3. The van der Waals surface area contributed by atoms with Crippen molar-refractivity contribution in [2.75, 3.05) is 0 Å². The Morgan fingerprint density at radius 2 is 0.781 bits per heavy atom. The molecule has 0 aromatic carbocycles. The fourth-order valence-corrected chi connectivity index (χ4v) is 3.31. The van der Waals surface area contributed by atoms with Gasteiger partial charge in [0.05, 0.1) is 0 Å². The minimum absolute atomic E-state index is 0.211. The first kappa shape index (κ1) is 29.4. The first-order valence-electron chi connectivity index (χ1n) is 12.0. The van der Waals surface area contributed by atoms with Gasteiger partial charge < -0.3 is 0 Å². The van der Waals surface area contributed by atoms with Gasteiger partial charge >= 0.3 is 0 Å². The molecule has 0 amide bonds. The number of hydrogen-bond donors (Lipinski definition) is 0. The van der Waals surface area contributed by atoms with Crippen LogP contribution in [0.5, 0.6) is 0 Å². The molecule has 0 heterocycles. The lowest BCUT2D eigenvalue weighted by Crippen LogP contribution is -1.82. The lowest BCUT2D eigenvalue weighted by molar-refractivity contribution is 0.896. The van der Waals surface area contributed by atoms with E-state index in [1.54, 1.807) is 6.08 Å². The second-order valence-corrected chi connectivity index (χ2v) is 9.06. The van der Waals surface area contributed by atoms with Crippen molar-refractivity contribution in [3.8, 4) is 12.1 Å². The molecule has 0 aliphatic rings. The van der Waals surface area contributed by atoms with Crippen molar-refractivity contribution in [3.05, 3.63) is 69.9 Å². The molecular weight excluding hydrogens is 388 g/mol. The number of rotatable bonds is 15. The molecule has 0 bridgehead atoms. The first-order valence-corrected chi connectivity index (χ1v) is 12.0. The summed E-state index contributed by atoms with van der Waals surface area (Å²) in [6, 6.07) is 3.81. The van der Waals surface area contributed by atoms with Crippen LogP contribution in [0.3, 0.4) is 0 Å². The van der Waals surface area contributed by atoms with Gasteiger partial charge in [-0.2, -0.15) is 10.5 Å². The zero-order valence-corrected chi connectivity index (χ0v) is 21.4. The van der Waals surface area contributed by atoms with E-state index in [9.17, 15) is 0 Å². The van der Waals surface area contributed by atoms with Crippen LogP contribution in [0.2, 0.25) is 0 Å². The summed E-state index contributed by atoms with van der Waals surface area (Å²) in [7, 11) is 0. The second-order valence-electron chi connectivity index (χ2n) is 9.06. The van der Waals surface area contributed by atoms with Crippen molar-refractivity contribution >= 4 is 0 Å². The number of nitrogens with zero attached hydrogens (tertiary/aromatic N) is 2. The van der Waals surface area contributed by atoms with Gasteiger partial charge in [0.25, 0.3) is 0 Å². The molecule has 0 saturated carbocycles. The molecule has 0 spiro atoms. The van der Waals surface area contributed by atoms with Crippen LogP contribution in [0.15, 0.2) is 69.9 Å². The molecule has 0 unspecified atom stereocenters. The smallest absolute Gasteiger partial charge is 0.125 e. The van der Waals surface area contributed by atoms with Crippen LogP contribution in [0, 0.1) is 22.7 Å². The zero-order chi connectivity index (χ0) is 24.2. The van der Waals surface area contributed by atoms with Gasteiger partial charge in [-0.1, -0.05) is 64.3 Å². The van der Waals surface area contributed by atoms with Gasteiger partial charge in [0.15, 0.2) is 0 Å². The van der Waals surface area contributed by atoms with E-state index in [1.807, 2.05) is 12.1 Å². The third-order valence-electron chi connectivity index (χ3n) is 5.43. The maximum absolute atomic E-state index is 8.74. The van der Waals surface area contributed by atoms with Gasteiger partial charge in [0.1, 0.15) is 17.7 Å². The largest absolute Gasteiger partial charge is 0.192 e. The van der Waals surface area contributed by atoms with E-state index in [0.29, 0.717) is 0 Å². The average Bonchev–Trinajstić information content (AvgIpc) is 2.74. The quantitative estimate of drug-likeness (QED) is 0.147. The molecule has 2 heteroatoms. The van der Waals surface area contributed by atoms with Crippen LogP contribution in [0.4, 0.5) is 0 Å². The van der Waals surface area contributed by atoms with Crippen LogP contribution >= 0.6 is 0 Å². The van der Waals surface area contributed by atoms with Crippen molar-refractivity contribution in [3.63, 3.8) is 0 Å². The fourth-order valence-electron chi connectivity index (χ4n) is 3.31. The molecule has 0 rings (SSSR count). The molecule has 0 saturated heterocycles. The molecular formula is C30H44N2.